The predicted octanol–water partition coefficient (Wildman–Crippen LogP) is 5.77. The Labute approximate surface area is 329 Å². The molecule has 13 nitrogen and oxygen atoms in total. The number of nitrogens with zero attached hydrogens (tertiary/aromatic N) is 7. The molecule has 3 atom stereocenters. The minimum absolute atomic E-state index is 0.254. The minimum atomic E-state index is -0.764. The number of ether oxygens (including phenoxy) is 2. The van der Waals surface area contributed by atoms with Crippen molar-refractivity contribution < 1.29 is 28.9 Å². The molecule has 290 valence electrons. The number of aliphatic carboxylic acids is 1. The monoisotopic (exact) mass is 777 g/mol. The fourth-order valence-electron chi connectivity index (χ4n) is 8.50. The summed E-state index contributed by atoms with van der Waals surface area (Å²) in [7, 11) is 3.28. The van der Waals surface area contributed by atoms with Gasteiger partial charge in [0.05, 0.1) is 19.1 Å². The average Bonchev–Trinajstić information content (AvgIpc) is 4.02. The summed E-state index contributed by atoms with van der Waals surface area (Å²) < 4.78 is 20.4. The number of aliphatic hydroxyl groups excluding tert-OH is 1. The van der Waals surface area contributed by atoms with Crippen LogP contribution in [0.1, 0.15) is 53.2 Å². The summed E-state index contributed by atoms with van der Waals surface area (Å²) in [6.45, 7) is 6.41. The number of rotatable bonds is 11. The first kappa shape index (κ1) is 37.7. The maximum absolute atomic E-state index is 11.5. The van der Waals surface area contributed by atoms with Crippen LogP contribution in [0, 0.1) is 24.2 Å². The van der Waals surface area contributed by atoms with Crippen molar-refractivity contribution in [2.45, 2.75) is 57.9 Å². The molecule has 0 saturated carbocycles. The standard InChI is InChI=1S/C42H44ClN7O6/c1-24-29(31-8-5-9-33-32(31)10-11-35(33)55-41-34(43)18-26(39(47-41)54-3)21-49-15-13-28(51)23-49)6-4-7-30(24)40-46-36-37(56-40)27(19-44)22-50(38(36)45-2)17-16-48-14-12-25(20-48)42(52)53/h4-9,18,22,25,28,35,51H,10-17,20-21,23H2,1-3H3,(H,52,53)/t25-,28-,35+/m1/s1. The molecule has 5 aromatic rings. The molecule has 56 heavy (non-hydrogen) atoms. The Morgan fingerprint density at radius 1 is 1.05 bits per heavy atom. The van der Waals surface area contributed by atoms with Gasteiger partial charge in [0, 0.05) is 63.6 Å². The molecule has 0 unspecified atom stereocenters. The molecule has 0 amide bonds. The molecular weight excluding hydrogens is 734 g/mol. The van der Waals surface area contributed by atoms with Crippen molar-refractivity contribution in [1.29, 1.82) is 5.26 Å². The van der Waals surface area contributed by atoms with Crippen molar-refractivity contribution in [2.75, 3.05) is 46.9 Å². The molecule has 3 aromatic heterocycles. The number of oxazole rings is 1. The highest BCUT2D eigenvalue weighted by Crippen LogP contribution is 2.43. The number of aromatic nitrogens is 3. The van der Waals surface area contributed by atoms with Gasteiger partial charge in [0.1, 0.15) is 22.8 Å². The Bertz CT molecular complexity index is 2440. The first-order valence-corrected chi connectivity index (χ1v) is 19.4. The number of carbonyl (C=O) groups is 1. The highest BCUT2D eigenvalue weighted by atomic mass is 35.5. The quantitative estimate of drug-likeness (QED) is 0.168. The largest absolute Gasteiger partial charge is 0.481 e. The van der Waals surface area contributed by atoms with Crippen LogP contribution < -0.4 is 15.0 Å². The third kappa shape index (κ3) is 7.14. The third-order valence-electron chi connectivity index (χ3n) is 11.4. The fraction of sp³-hybridized carbons (Fsp3) is 0.405. The average molecular weight is 778 g/mol. The Morgan fingerprint density at radius 3 is 2.57 bits per heavy atom. The van der Waals surface area contributed by atoms with Crippen LogP contribution in [0.2, 0.25) is 5.02 Å². The number of methoxy groups -OCH3 is 1. The molecule has 0 bridgehead atoms. The third-order valence-corrected chi connectivity index (χ3v) is 11.7. The molecule has 14 heteroatoms. The summed E-state index contributed by atoms with van der Waals surface area (Å²) in [6.07, 6.45) is 4.09. The van der Waals surface area contributed by atoms with E-state index in [2.05, 4.69) is 51.0 Å². The zero-order chi connectivity index (χ0) is 39.1. The van der Waals surface area contributed by atoms with Crippen molar-refractivity contribution in [3.05, 3.63) is 87.0 Å². The first-order chi connectivity index (χ1) is 27.1. The maximum Gasteiger partial charge on any atom is 0.307 e. The van der Waals surface area contributed by atoms with E-state index in [1.54, 1.807) is 20.4 Å². The Kier molecular flexibility index (Phi) is 10.6. The summed E-state index contributed by atoms with van der Waals surface area (Å²) in [5.41, 5.74) is 8.86. The van der Waals surface area contributed by atoms with Crippen LogP contribution in [-0.4, -0.2) is 93.5 Å². The number of hydrogen-bond acceptors (Lipinski definition) is 11. The number of carboxylic acid groups (broad SMARTS) is 1. The smallest absolute Gasteiger partial charge is 0.307 e. The molecule has 2 aromatic carbocycles. The number of aliphatic hydroxyl groups is 1. The van der Waals surface area contributed by atoms with Gasteiger partial charge in [0.2, 0.25) is 17.7 Å². The van der Waals surface area contributed by atoms with E-state index in [0.717, 1.165) is 59.2 Å². The lowest BCUT2D eigenvalue weighted by Gasteiger charge is -2.20. The van der Waals surface area contributed by atoms with Gasteiger partial charge in [-0.2, -0.15) is 10.2 Å². The van der Waals surface area contributed by atoms with Crippen molar-refractivity contribution in [3.63, 3.8) is 0 Å². The van der Waals surface area contributed by atoms with Gasteiger partial charge in [-0.05, 0) is 79.1 Å². The lowest BCUT2D eigenvalue weighted by Crippen LogP contribution is -2.31. The lowest BCUT2D eigenvalue weighted by molar-refractivity contribution is -0.141. The van der Waals surface area contributed by atoms with Gasteiger partial charge in [-0.3, -0.25) is 14.7 Å². The highest BCUT2D eigenvalue weighted by molar-refractivity contribution is 6.31. The van der Waals surface area contributed by atoms with Crippen LogP contribution in [0.25, 0.3) is 33.7 Å². The molecule has 5 heterocycles. The second-order valence-electron chi connectivity index (χ2n) is 14.8. The molecule has 2 N–H and O–H groups in total. The minimum Gasteiger partial charge on any atom is -0.481 e. The summed E-state index contributed by atoms with van der Waals surface area (Å²) in [4.78, 5) is 29.9. The number of likely N-dealkylation sites (tertiary alicyclic amines) is 2. The van der Waals surface area contributed by atoms with Gasteiger partial charge < -0.3 is 33.6 Å². The molecule has 0 spiro atoms. The molecular formula is C42H44ClN7O6. The fourth-order valence-corrected chi connectivity index (χ4v) is 8.72. The van der Waals surface area contributed by atoms with E-state index in [9.17, 15) is 20.3 Å². The van der Waals surface area contributed by atoms with Crippen LogP contribution in [0.4, 0.5) is 0 Å². The van der Waals surface area contributed by atoms with Crippen LogP contribution in [0.5, 0.6) is 11.8 Å². The van der Waals surface area contributed by atoms with Gasteiger partial charge >= 0.3 is 5.97 Å². The predicted molar refractivity (Wildman–Crippen MR) is 209 cm³/mol. The van der Waals surface area contributed by atoms with E-state index in [1.807, 2.05) is 28.8 Å². The number of β-amino-alcohol motifs (C(OH)–C–C–N with tert-alkyl or cyclic N) is 1. The van der Waals surface area contributed by atoms with Crippen LogP contribution in [-0.2, 0) is 24.3 Å². The van der Waals surface area contributed by atoms with Crippen molar-refractivity contribution in [2.24, 2.45) is 10.9 Å². The SMILES string of the molecule is CN=c1c2nc(-c3cccc(-c4cccc5c4CC[C@@H]5Oc4nc(OC)c(CN5CC[C@@H](O)C5)cc4Cl)c3C)oc2c(C#N)cn1CCN1CC[C@@H](C(=O)O)C1. The van der Waals surface area contributed by atoms with Gasteiger partial charge in [-0.1, -0.05) is 41.9 Å². The van der Waals surface area contributed by atoms with E-state index in [4.69, 9.17) is 30.5 Å². The van der Waals surface area contributed by atoms with Gasteiger partial charge in [-0.15, -0.1) is 0 Å². The summed E-state index contributed by atoms with van der Waals surface area (Å²) in [5.74, 6) is 0.0574. The van der Waals surface area contributed by atoms with E-state index < -0.39 is 5.97 Å². The number of halogens is 1. The topological polar surface area (TPSA) is 162 Å². The van der Waals surface area contributed by atoms with Crippen LogP contribution in [0.15, 0.2) is 58.1 Å². The summed E-state index contributed by atoms with van der Waals surface area (Å²) in [5, 5.41) is 30.0. The number of pyridine rings is 2. The zero-order valence-electron chi connectivity index (χ0n) is 31.7. The zero-order valence-corrected chi connectivity index (χ0v) is 32.4. The number of nitriles is 1. The van der Waals surface area contributed by atoms with Crippen LogP contribution in [0.3, 0.4) is 0 Å². The van der Waals surface area contributed by atoms with Gasteiger partial charge in [0.15, 0.2) is 16.6 Å². The van der Waals surface area contributed by atoms with E-state index in [-0.39, 0.29) is 18.1 Å². The number of benzene rings is 2. The molecule has 8 rings (SSSR count). The van der Waals surface area contributed by atoms with E-state index in [1.165, 1.54) is 5.56 Å². The molecule has 2 saturated heterocycles. The molecule has 2 aliphatic heterocycles. The maximum atomic E-state index is 11.5. The summed E-state index contributed by atoms with van der Waals surface area (Å²) in [6, 6.07) is 16.5. The van der Waals surface area contributed by atoms with Crippen molar-refractivity contribution >= 4 is 28.7 Å². The lowest BCUT2D eigenvalue weighted by atomic mass is 9.91. The molecule has 0 radical (unpaired) electrons. The Hall–Kier alpha value is -5.26. The van der Waals surface area contributed by atoms with E-state index >= 15 is 0 Å². The van der Waals surface area contributed by atoms with Crippen LogP contribution >= 0.6 is 11.6 Å². The highest BCUT2D eigenvalue weighted by Gasteiger charge is 2.31. The van der Waals surface area contributed by atoms with Gasteiger partial charge in [-0.25, -0.2) is 4.98 Å². The number of fused-ring (bicyclic) bond motifs is 2. The summed E-state index contributed by atoms with van der Waals surface area (Å²) >= 11 is 6.76. The molecule has 1 aliphatic carbocycles. The molecule has 3 aliphatic rings. The number of hydrogen-bond donors (Lipinski definition) is 2. The van der Waals surface area contributed by atoms with Crippen molar-refractivity contribution in [3.8, 4) is 40.4 Å². The first-order valence-electron chi connectivity index (χ1n) is 19.0. The van der Waals surface area contributed by atoms with Crippen molar-refractivity contribution in [1.82, 2.24) is 24.3 Å². The Morgan fingerprint density at radius 2 is 1.84 bits per heavy atom. The van der Waals surface area contributed by atoms with Gasteiger partial charge in [0.25, 0.3) is 0 Å². The second-order valence-corrected chi connectivity index (χ2v) is 15.2. The molecule has 2 fully saturated rings. The number of carboxylic acids is 1. The second kappa shape index (κ2) is 15.7. The Balaban J connectivity index is 1.07. The normalized spacial score (nSPS) is 20.1. The van der Waals surface area contributed by atoms with E-state index in [0.29, 0.717) is 90.5 Å².